The van der Waals surface area contributed by atoms with Crippen LogP contribution in [0.1, 0.15) is 25.1 Å². The SMILES string of the molecule is Fc1ccc(-c2cn3c(n2)CCC(NC(C2CC2)C2CNCCO2)C3)c(F)c1. The van der Waals surface area contributed by atoms with E-state index in [1.54, 1.807) is 0 Å². The molecule has 1 saturated heterocycles. The lowest BCUT2D eigenvalue weighted by molar-refractivity contribution is -0.00462. The maximum atomic E-state index is 14.1. The second-order valence-electron chi connectivity index (χ2n) is 8.20. The van der Waals surface area contributed by atoms with Crippen LogP contribution < -0.4 is 10.6 Å². The summed E-state index contributed by atoms with van der Waals surface area (Å²) in [6.07, 6.45) is 6.52. The van der Waals surface area contributed by atoms with Crippen molar-refractivity contribution in [3.8, 4) is 11.3 Å². The Hall–Kier alpha value is -1.83. The van der Waals surface area contributed by atoms with E-state index in [9.17, 15) is 8.78 Å². The highest BCUT2D eigenvalue weighted by atomic mass is 19.1. The highest BCUT2D eigenvalue weighted by Crippen LogP contribution is 2.36. The Balaban J connectivity index is 1.30. The molecule has 3 heterocycles. The number of aromatic nitrogens is 2. The number of fused-ring (bicyclic) bond motifs is 1. The molecule has 0 bridgehead atoms. The number of hydrogen-bond acceptors (Lipinski definition) is 4. The number of rotatable bonds is 5. The van der Waals surface area contributed by atoms with Crippen LogP contribution in [0, 0.1) is 17.6 Å². The third kappa shape index (κ3) is 3.71. The van der Waals surface area contributed by atoms with E-state index in [1.807, 2.05) is 6.20 Å². The Kier molecular flexibility index (Phi) is 4.90. The topological polar surface area (TPSA) is 51.1 Å². The zero-order valence-electron chi connectivity index (χ0n) is 15.8. The summed E-state index contributed by atoms with van der Waals surface area (Å²) in [5.74, 6) is 0.536. The van der Waals surface area contributed by atoms with Crippen LogP contribution in [-0.2, 0) is 17.7 Å². The van der Waals surface area contributed by atoms with Crippen LogP contribution in [0.4, 0.5) is 8.78 Å². The van der Waals surface area contributed by atoms with Gasteiger partial charge in [0.05, 0.1) is 18.4 Å². The van der Waals surface area contributed by atoms with Crippen molar-refractivity contribution in [3.05, 3.63) is 41.9 Å². The van der Waals surface area contributed by atoms with Crippen LogP contribution in [-0.4, -0.2) is 47.4 Å². The van der Waals surface area contributed by atoms with Crippen molar-refractivity contribution in [2.24, 2.45) is 5.92 Å². The average molecular weight is 388 g/mol. The highest BCUT2D eigenvalue weighted by Gasteiger charge is 2.39. The first-order valence-corrected chi connectivity index (χ1v) is 10.3. The third-order valence-electron chi connectivity index (χ3n) is 6.11. The summed E-state index contributed by atoms with van der Waals surface area (Å²) in [5, 5.41) is 7.30. The fraction of sp³-hybridized carbons (Fsp3) is 0.571. The number of imidazole rings is 1. The summed E-state index contributed by atoms with van der Waals surface area (Å²) in [6, 6.07) is 4.39. The predicted octanol–water partition coefficient (Wildman–Crippen LogP) is 2.50. The van der Waals surface area contributed by atoms with Gasteiger partial charge in [-0.25, -0.2) is 13.8 Å². The highest BCUT2D eigenvalue weighted by molar-refractivity contribution is 5.59. The number of ether oxygens (including phenoxy) is 1. The molecule has 5 nitrogen and oxygen atoms in total. The molecule has 3 unspecified atom stereocenters. The zero-order valence-corrected chi connectivity index (χ0v) is 15.8. The molecule has 0 radical (unpaired) electrons. The fourth-order valence-electron chi connectivity index (χ4n) is 4.50. The molecule has 150 valence electrons. The molecule has 2 aromatic rings. The Morgan fingerprint density at radius 2 is 2.14 bits per heavy atom. The maximum Gasteiger partial charge on any atom is 0.135 e. The minimum absolute atomic E-state index is 0.231. The second-order valence-corrected chi connectivity index (χ2v) is 8.20. The van der Waals surface area contributed by atoms with Crippen molar-refractivity contribution >= 4 is 0 Å². The van der Waals surface area contributed by atoms with Crippen molar-refractivity contribution in [1.82, 2.24) is 20.2 Å². The van der Waals surface area contributed by atoms with E-state index >= 15 is 0 Å². The first kappa shape index (κ1) is 18.2. The molecule has 2 aliphatic heterocycles. The summed E-state index contributed by atoms with van der Waals surface area (Å²) < 4.78 is 35.5. The van der Waals surface area contributed by atoms with Crippen LogP contribution in [0.15, 0.2) is 24.4 Å². The van der Waals surface area contributed by atoms with Crippen molar-refractivity contribution in [3.63, 3.8) is 0 Å². The van der Waals surface area contributed by atoms with E-state index in [4.69, 9.17) is 4.74 Å². The maximum absolute atomic E-state index is 14.1. The van der Waals surface area contributed by atoms with E-state index in [2.05, 4.69) is 20.2 Å². The monoisotopic (exact) mass is 388 g/mol. The van der Waals surface area contributed by atoms with Gasteiger partial charge in [0.15, 0.2) is 0 Å². The molecule has 2 N–H and O–H groups in total. The second kappa shape index (κ2) is 7.54. The van der Waals surface area contributed by atoms with Gasteiger partial charge >= 0.3 is 0 Å². The number of hydrogen-bond donors (Lipinski definition) is 2. The summed E-state index contributed by atoms with van der Waals surface area (Å²) in [4.78, 5) is 4.60. The lowest BCUT2D eigenvalue weighted by Crippen LogP contribution is -2.55. The van der Waals surface area contributed by atoms with Crippen LogP contribution in [0.5, 0.6) is 0 Å². The predicted molar refractivity (Wildman–Crippen MR) is 102 cm³/mol. The average Bonchev–Trinajstić information content (AvgIpc) is 3.45. The Morgan fingerprint density at radius 1 is 1.25 bits per heavy atom. The number of morpholine rings is 1. The van der Waals surface area contributed by atoms with Gasteiger partial charge in [0, 0.05) is 56.0 Å². The lowest BCUT2D eigenvalue weighted by Gasteiger charge is -2.36. The molecular weight excluding hydrogens is 362 g/mol. The first-order chi connectivity index (χ1) is 13.7. The van der Waals surface area contributed by atoms with Gasteiger partial charge in [-0.15, -0.1) is 0 Å². The third-order valence-corrected chi connectivity index (χ3v) is 6.11. The van der Waals surface area contributed by atoms with Gasteiger partial charge in [-0.05, 0) is 37.3 Å². The smallest absolute Gasteiger partial charge is 0.135 e. The summed E-state index contributed by atoms with van der Waals surface area (Å²) in [6.45, 7) is 3.43. The van der Waals surface area contributed by atoms with Gasteiger partial charge in [-0.3, -0.25) is 0 Å². The Labute approximate surface area is 163 Å². The summed E-state index contributed by atoms with van der Waals surface area (Å²) in [5.41, 5.74) is 0.928. The molecule has 2 fully saturated rings. The molecule has 1 saturated carbocycles. The van der Waals surface area contributed by atoms with E-state index in [0.717, 1.165) is 51.0 Å². The summed E-state index contributed by atoms with van der Waals surface area (Å²) in [7, 11) is 0. The largest absolute Gasteiger partial charge is 0.374 e. The van der Waals surface area contributed by atoms with Crippen molar-refractivity contribution in [1.29, 1.82) is 0 Å². The standard InChI is InChI=1S/C21H26F2N4O/c22-14-3-5-16(17(23)9-14)18-12-27-11-15(4-6-20(27)26-18)25-21(13-1-2-13)19-10-24-7-8-28-19/h3,5,9,12-13,15,19,21,24-25H,1-2,4,6-8,10-11H2. The zero-order chi connectivity index (χ0) is 19.1. The molecule has 3 atom stereocenters. The quantitative estimate of drug-likeness (QED) is 0.827. The molecule has 0 amide bonds. The minimum Gasteiger partial charge on any atom is -0.374 e. The molecule has 0 spiro atoms. The normalized spacial score (nSPS) is 26.1. The van der Waals surface area contributed by atoms with Gasteiger partial charge in [0.1, 0.15) is 17.5 Å². The molecule has 1 aliphatic carbocycles. The van der Waals surface area contributed by atoms with Crippen molar-refractivity contribution < 1.29 is 13.5 Å². The van der Waals surface area contributed by atoms with E-state index in [-0.39, 0.29) is 6.10 Å². The molecule has 1 aromatic carbocycles. The molecule has 3 aliphatic rings. The van der Waals surface area contributed by atoms with Gasteiger partial charge in [-0.1, -0.05) is 0 Å². The van der Waals surface area contributed by atoms with Gasteiger partial charge in [0.2, 0.25) is 0 Å². The van der Waals surface area contributed by atoms with Crippen LogP contribution >= 0.6 is 0 Å². The van der Waals surface area contributed by atoms with Gasteiger partial charge in [0.25, 0.3) is 0 Å². The number of benzene rings is 1. The van der Waals surface area contributed by atoms with E-state index < -0.39 is 11.6 Å². The van der Waals surface area contributed by atoms with Crippen molar-refractivity contribution in [2.45, 2.75) is 50.4 Å². The Morgan fingerprint density at radius 3 is 2.89 bits per heavy atom. The van der Waals surface area contributed by atoms with Crippen LogP contribution in [0.2, 0.25) is 0 Å². The van der Waals surface area contributed by atoms with Crippen LogP contribution in [0.3, 0.4) is 0 Å². The molecule has 28 heavy (non-hydrogen) atoms. The summed E-state index contributed by atoms with van der Waals surface area (Å²) >= 11 is 0. The lowest BCUT2D eigenvalue weighted by atomic mass is 10.0. The molecule has 5 rings (SSSR count). The fourth-order valence-corrected chi connectivity index (χ4v) is 4.50. The van der Waals surface area contributed by atoms with E-state index in [1.165, 1.54) is 25.0 Å². The number of halogens is 2. The minimum atomic E-state index is -0.569. The van der Waals surface area contributed by atoms with E-state index in [0.29, 0.717) is 29.3 Å². The van der Waals surface area contributed by atoms with Gasteiger partial charge < -0.3 is 19.9 Å². The first-order valence-electron chi connectivity index (χ1n) is 10.3. The Bertz CT molecular complexity index is 845. The number of aryl methyl sites for hydroxylation is 1. The molecule has 7 heteroatoms. The molecule has 1 aromatic heterocycles. The number of nitrogens with zero attached hydrogens (tertiary/aromatic N) is 2. The number of nitrogens with one attached hydrogen (secondary N) is 2. The van der Waals surface area contributed by atoms with Gasteiger partial charge in [-0.2, -0.15) is 0 Å². The van der Waals surface area contributed by atoms with Crippen LogP contribution in [0.25, 0.3) is 11.3 Å². The van der Waals surface area contributed by atoms with Crippen molar-refractivity contribution in [2.75, 3.05) is 19.7 Å². The molecular formula is C21H26F2N4O.